The molecule has 0 saturated carbocycles. The molecule has 1 atom stereocenters. The van der Waals surface area contributed by atoms with Crippen LogP contribution in [0, 0.1) is 12.8 Å². The summed E-state index contributed by atoms with van der Waals surface area (Å²) >= 11 is 1.37. The van der Waals surface area contributed by atoms with Gasteiger partial charge in [-0.15, -0.1) is 11.8 Å². The van der Waals surface area contributed by atoms with Gasteiger partial charge in [0.15, 0.2) is 11.6 Å². The average Bonchev–Trinajstić information content (AvgIpc) is 3.19. The molecule has 0 fully saturated rings. The van der Waals surface area contributed by atoms with Crippen molar-refractivity contribution in [3.8, 4) is 11.6 Å². The summed E-state index contributed by atoms with van der Waals surface area (Å²) in [7, 11) is 0. The Morgan fingerprint density at radius 1 is 1.31 bits per heavy atom. The number of alkyl carbamates (subject to hydrolysis) is 1. The Morgan fingerprint density at radius 3 is 2.66 bits per heavy atom. The summed E-state index contributed by atoms with van der Waals surface area (Å²) in [6.07, 6.45) is 3.63. The molecule has 2 heterocycles. The highest BCUT2D eigenvalue weighted by atomic mass is 32.2. The van der Waals surface area contributed by atoms with Crippen molar-refractivity contribution >= 4 is 23.8 Å². The number of aromatic nitrogens is 2. The molecule has 0 aliphatic rings. The lowest BCUT2D eigenvalue weighted by Gasteiger charge is -2.21. The van der Waals surface area contributed by atoms with Crippen LogP contribution >= 0.6 is 11.8 Å². The van der Waals surface area contributed by atoms with Crippen LogP contribution in [0.25, 0.3) is 11.6 Å². The Morgan fingerprint density at radius 2 is 2.07 bits per heavy atom. The van der Waals surface area contributed by atoms with E-state index in [0.29, 0.717) is 46.8 Å². The lowest BCUT2D eigenvalue weighted by molar-refractivity contribution is 0.0939. The topological polar surface area (TPSA) is 106 Å². The Hall–Kier alpha value is -2.55. The molecule has 0 aliphatic heterocycles. The van der Waals surface area contributed by atoms with Gasteiger partial charge in [-0.3, -0.25) is 4.79 Å². The second kappa shape index (κ2) is 10.8. The molecule has 2 aromatic heterocycles. The first-order valence-electron chi connectivity index (χ1n) is 9.53. The van der Waals surface area contributed by atoms with Gasteiger partial charge in [0.25, 0.3) is 5.91 Å². The SMILES string of the molecule is CCOC(=O)NC(CNC(=O)c1c(C)nc(-c2ccco2)nc1SC)CC(C)C. The van der Waals surface area contributed by atoms with Gasteiger partial charge in [0, 0.05) is 12.6 Å². The Bertz CT molecular complexity index is 824. The van der Waals surface area contributed by atoms with Crippen molar-refractivity contribution in [2.24, 2.45) is 5.92 Å². The number of rotatable bonds is 9. The van der Waals surface area contributed by atoms with Crippen LogP contribution in [0.2, 0.25) is 0 Å². The number of amides is 2. The van der Waals surface area contributed by atoms with Crippen molar-refractivity contribution in [3.63, 3.8) is 0 Å². The minimum Gasteiger partial charge on any atom is -0.461 e. The molecule has 2 amide bonds. The highest BCUT2D eigenvalue weighted by molar-refractivity contribution is 7.98. The largest absolute Gasteiger partial charge is 0.461 e. The maximum atomic E-state index is 12.9. The first kappa shape index (κ1) is 22.7. The van der Waals surface area contributed by atoms with E-state index in [1.54, 1.807) is 32.2 Å². The van der Waals surface area contributed by atoms with Crippen LogP contribution in [0.4, 0.5) is 4.79 Å². The van der Waals surface area contributed by atoms with Crippen molar-refractivity contribution < 1.29 is 18.7 Å². The van der Waals surface area contributed by atoms with E-state index in [0.717, 1.165) is 0 Å². The number of nitrogens with zero attached hydrogens (tertiary/aromatic N) is 2. The number of carbonyl (C=O) groups is 2. The van der Waals surface area contributed by atoms with E-state index in [-0.39, 0.29) is 18.5 Å². The van der Waals surface area contributed by atoms with Gasteiger partial charge in [-0.1, -0.05) is 13.8 Å². The van der Waals surface area contributed by atoms with E-state index >= 15 is 0 Å². The normalized spacial score (nSPS) is 11.9. The number of hydrogen-bond donors (Lipinski definition) is 2. The zero-order chi connectivity index (χ0) is 21.4. The van der Waals surface area contributed by atoms with Gasteiger partial charge in [0.2, 0.25) is 0 Å². The van der Waals surface area contributed by atoms with E-state index in [9.17, 15) is 9.59 Å². The van der Waals surface area contributed by atoms with Gasteiger partial charge in [-0.2, -0.15) is 0 Å². The fourth-order valence-corrected chi connectivity index (χ4v) is 3.50. The fourth-order valence-electron chi connectivity index (χ4n) is 2.88. The predicted octanol–water partition coefficient (Wildman–Crippen LogP) is 3.66. The zero-order valence-electron chi connectivity index (χ0n) is 17.4. The van der Waals surface area contributed by atoms with Crippen LogP contribution in [-0.2, 0) is 4.74 Å². The number of furan rings is 1. The third-order valence-electron chi connectivity index (χ3n) is 4.08. The summed E-state index contributed by atoms with van der Waals surface area (Å²) in [4.78, 5) is 33.5. The van der Waals surface area contributed by atoms with Crippen molar-refractivity contribution in [2.75, 3.05) is 19.4 Å². The van der Waals surface area contributed by atoms with Gasteiger partial charge in [0.1, 0.15) is 5.03 Å². The number of hydrogen-bond acceptors (Lipinski definition) is 7. The van der Waals surface area contributed by atoms with Crippen LogP contribution in [0.5, 0.6) is 0 Å². The van der Waals surface area contributed by atoms with Crippen LogP contribution in [0.15, 0.2) is 27.8 Å². The van der Waals surface area contributed by atoms with Crippen molar-refractivity contribution in [2.45, 2.75) is 45.2 Å². The summed E-state index contributed by atoms with van der Waals surface area (Å²) in [6.45, 7) is 8.20. The number of carbonyl (C=O) groups excluding carboxylic acids is 2. The average molecular weight is 421 g/mol. The summed E-state index contributed by atoms with van der Waals surface area (Å²) in [5.41, 5.74) is 0.985. The molecular formula is C20H28N4O4S. The predicted molar refractivity (Wildman–Crippen MR) is 112 cm³/mol. The molecule has 0 aliphatic carbocycles. The summed E-state index contributed by atoms with van der Waals surface area (Å²) in [6, 6.07) is 3.30. The van der Waals surface area contributed by atoms with Gasteiger partial charge in [-0.05, 0) is 44.6 Å². The monoisotopic (exact) mass is 420 g/mol. The van der Waals surface area contributed by atoms with Crippen molar-refractivity contribution in [1.82, 2.24) is 20.6 Å². The van der Waals surface area contributed by atoms with E-state index in [2.05, 4.69) is 34.4 Å². The molecule has 0 saturated heterocycles. The maximum Gasteiger partial charge on any atom is 0.407 e. The first-order valence-corrected chi connectivity index (χ1v) is 10.8. The molecule has 29 heavy (non-hydrogen) atoms. The standard InChI is InChI=1S/C20H28N4O4S/c1-6-27-20(26)23-14(10-12(2)3)11-21-18(25)16-13(4)22-17(24-19(16)29-5)15-8-7-9-28-15/h7-9,12,14H,6,10-11H2,1-5H3,(H,21,25)(H,23,26). The molecule has 9 heteroatoms. The van der Waals surface area contributed by atoms with Crippen molar-refractivity contribution in [1.29, 1.82) is 0 Å². The molecular weight excluding hydrogens is 392 g/mol. The van der Waals surface area contributed by atoms with Crippen LogP contribution in [-0.4, -0.2) is 47.4 Å². The van der Waals surface area contributed by atoms with Crippen LogP contribution < -0.4 is 10.6 Å². The number of nitrogens with one attached hydrogen (secondary N) is 2. The molecule has 1 unspecified atom stereocenters. The van der Waals surface area contributed by atoms with E-state index in [4.69, 9.17) is 9.15 Å². The van der Waals surface area contributed by atoms with Gasteiger partial charge >= 0.3 is 6.09 Å². The third kappa shape index (κ3) is 6.49. The highest BCUT2D eigenvalue weighted by Crippen LogP contribution is 2.25. The summed E-state index contributed by atoms with van der Waals surface area (Å²) < 4.78 is 10.3. The zero-order valence-corrected chi connectivity index (χ0v) is 18.3. The fraction of sp³-hybridized carbons (Fsp3) is 0.500. The van der Waals surface area contributed by atoms with Crippen LogP contribution in [0.1, 0.15) is 43.2 Å². The van der Waals surface area contributed by atoms with Crippen LogP contribution in [0.3, 0.4) is 0 Å². The van der Waals surface area contributed by atoms with E-state index in [1.165, 1.54) is 11.8 Å². The molecule has 0 aromatic carbocycles. The highest BCUT2D eigenvalue weighted by Gasteiger charge is 2.22. The molecule has 8 nitrogen and oxygen atoms in total. The molecule has 2 N–H and O–H groups in total. The lowest BCUT2D eigenvalue weighted by atomic mass is 10.0. The Balaban J connectivity index is 2.14. The Kier molecular flexibility index (Phi) is 8.50. The molecule has 0 spiro atoms. The van der Waals surface area contributed by atoms with Gasteiger partial charge in [0.05, 0.1) is 24.1 Å². The second-order valence-electron chi connectivity index (χ2n) is 6.90. The molecule has 2 rings (SSSR count). The smallest absolute Gasteiger partial charge is 0.407 e. The van der Waals surface area contributed by atoms with Crippen molar-refractivity contribution in [3.05, 3.63) is 29.7 Å². The molecule has 2 aromatic rings. The molecule has 0 radical (unpaired) electrons. The number of thioether (sulfide) groups is 1. The second-order valence-corrected chi connectivity index (χ2v) is 7.69. The van der Waals surface area contributed by atoms with Gasteiger partial charge in [-0.25, -0.2) is 14.8 Å². The quantitative estimate of drug-likeness (QED) is 0.471. The first-order chi connectivity index (χ1) is 13.8. The molecule has 0 bridgehead atoms. The third-order valence-corrected chi connectivity index (χ3v) is 4.76. The minimum absolute atomic E-state index is 0.237. The summed E-state index contributed by atoms with van der Waals surface area (Å²) in [5.74, 6) is 1.05. The summed E-state index contributed by atoms with van der Waals surface area (Å²) in [5, 5.41) is 6.27. The van der Waals surface area contributed by atoms with E-state index in [1.807, 2.05) is 6.26 Å². The number of aryl methyl sites for hydroxylation is 1. The minimum atomic E-state index is -0.487. The van der Waals surface area contributed by atoms with E-state index < -0.39 is 6.09 Å². The number of ether oxygens (including phenoxy) is 1. The molecule has 158 valence electrons. The van der Waals surface area contributed by atoms with Gasteiger partial charge < -0.3 is 19.8 Å². The Labute approximate surface area is 175 Å². The lowest BCUT2D eigenvalue weighted by Crippen LogP contribution is -2.44. The maximum absolute atomic E-state index is 12.9.